The minimum atomic E-state index is -0.972. The van der Waals surface area contributed by atoms with E-state index in [1.807, 2.05) is 0 Å². The van der Waals surface area contributed by atoms with Crippen molar-refractivity contribution in [3.8, 4) is 5.75 Å². The van der Waals surface area contributed by atoms with Crippen molar-refractivity contribution in [2.45, 2.75) is 19.9 Å². The highest BCUT2D eigenvalue weighted by atomic mass is 16.5. The molecule has 5 nitrogen and oxygen atoms in total. The second-order valence-electron chi connectivity index (χ2n) is 4.77. The van der Waals surface area contributed by atoms with E-state index in [2.05, 4.69) is 18.7 Å². The van der Waals surface area contributed by atoms with Crippen LogP contribution in [0.5, 0.6) is 5.75 Å². The van der Waals surface area contributed by atoms with Crippen LogP contribution in [0, 0.1) is 0 Å². The molecule has 1 aromatic rings. The molecule has 0 spiro atoms. The number of carboxylic acid groups (broad SMARTS) is 1. The van der Waals surface area contributed by atoms with Crippen molar-refractivity contribution in [2.24, 2.45) is 0 Å². The number of methoxy groups -OCH3 is 1. The molecule has 0 aliphatic rings. The Morgan fingerprint density at radius 1 is 1.25 bits per heavy atom. The van der Waals surface area contributed by atoms with Gasteiger partial charge in [0.2, 0.25) is 0 Å². The first-order chi connectivity index (χ1) is 9.56. The topological polar surface area (TPSA) is 59.0 Å². The Bertz CT molecular complexity index is 420. The molecule has 20 heavy (non-hydrogen) atoms. The van der Waals surface area contributed by atoms with Crippen LogP contribution in [0.3, 0.4) is 0 Å². The van der Waals surface area contributed by atoms with Gasteiger partial charge in [0.15, 0.2) is 0 Å². The maximum Gasteiger partial charge on any atom is 0.339 e. The molecule has 112 valence electrons. The van der Waals surface area contributed by atoms with Gasteiger partial charge in [0.25, 0.3) is 0 Å². The molecule has 1 rings (SSSR count). The molecule has 0 aliphatic carbocycles. The number of ether oxygens (including phenoxy) is 2. The van der Waals surface area contributed by atoms with Gasteiger partial charge in [-0.3, -0.25) is 4.90 Å². The molecular formula is C15H23NO4. The van der Waals surface area contributed by atoms with E-state index in [1.54, 1.807) is 31.4 Å². The molecule has 0 amide bonds. The van der Waals surface area contributed by atoms with Crippen molar-refractivity contribution >= 4 is 5.97 Å². The Morgan fingerprint density at radius 2 is 1.90 bits per heavy atom. The number of benzene rings is 1. The van der Waals surface area contributed by atoms with Crippen molar-refractivity contribution in [1.82, 2.24) is 4.90 Å². The van der Waals surface area contributed by atoms with Crippen LogP contribution in [0.1, 0.15) is 24.2 Å². The summed E-state index contributed by atoms with van der Waals surface area (Å²) in [6, 6.07) is 7.08. The van der Waals surface area contributed by atoms with E-state index < -0.39 is 5.97 Å². The number of aromatic carboxylic acids is 1. The molecule has 0 saturated heterocycles. The molecule has 1 aromatic carbocycles. The molecule has 0 aliphatic heterocycles. The summed E-state index contributed by atoms with van der Waals surface area (Å²) in [6.45, 7) is 6.91. The van der Waals surface area contributed by atoms with E-state index in [1.165, 1.54) is 0 Å². The van der Waals surface area contributed by atoms with E-state index in [-0.39, 0.29) is 5.56 Å². The van der Waals surface area contributed by atoms with Crippen LogP contribution < -0.4 is 4.74 Å². The Morgan fingerprint density at radius 3 is 2.50 bits per heavy atom. The van der Waals surface area contributed by atoms with Crippen molar-refractivity contribution < 1.29 is 19.4 Å². The summed E-state index contributed by atoms with van der Waals surface area (Å²) < 4.78 is 10.7. The smallest absolute Gasteiger partial charge is 0.339 e. The fourth-order valence-corrected chi connectivity index (χ4v) is 1.88. The fourth-order valence-electron chi connectivity index (χ4n) is 1.88. The first kappa shape index (κ1) is 16.5. The van der Waals surface area contributed by atoms with E-state index >= 15 is 0 Å². The predicted molar refractivity (Wildman–Crippen MR) is 77.5 cm³/mol. The molecule has 5 heteroatoms. The third kappa shape index (κ3) is 5.19. The maximum atomic E-state index is 11.1. The van der Waals surface area contributed by atoms with Gasteiger partial charge < -0.3 is 14.6 Å². The van der Waals surface area contributed by atoms with Gasteiger partial charge in [-0.05, 0) is 26.0 Å². The van der Waals surface area contributed by atoms with Crippen LogP contribution >= 0.6 is 0 Å². The van der Waals surface area contributed by atoms with Crippen LogP contribution in [0.15, 0.2) is 24.3 Å². The number of rotatable bonds is 9. The summed E-state index contributed by atoms with van der Waals surface area (Å²) in [7, 11) is 1.68. The molecule has 0 unspecified atom stereocenters. The molecule has 0 atom stereocenters. The fraction of sp³-hybridized carbons (Fsp3) is 0.533. The lowest BCUT2D eigenvalue weighted by molar-refractivity contribution is 0.0690. The Kier molecular flexibility index (Phi) is 7.04. The summed E-state index contributed by atoms with van der Waals surface area (Å²) in [5.74, 6) is -0.559. The zero-order chi connectivity index (χ0) is 15.0. The van der Waals surface area contributed by atoms with Gasteiger partial charge in [-0.15, -0.1) is 0 Å². The number of para-hydroxylation sites is 1. The van der Waals surface area contributed by atoms with Crippen molar-refractivity contribution in [1.29, 1.82) is 0 Å². The molecule has 1 N–H and O–H groups in total. The Labute approximate surface area is 120 Å². The van der Waals surface area contributed by atoms with Crippen molar-refractivity contribution in [2.75, 3.05) is 33.4 Å². The zero-order valence-corrected chi connectivity index (χ0v) is 12.3. The van der Waals surface area contributed by atoms with Gasteiger partial charge in [-0.2, -0.15) is 0 Å². The SMILES string of the molecule is COCCN(CCOc1ccccc1C(=O)O)C(C)C. The van der Waals surface area contributed by atoms with Gasteiger partial charge in [0, 0.05) is 26.2 Å². The Hall–Kier alpha value is -1.59. The first-order valence-electron chi connectivity index (χ1n) is 6.74. The van der Waals surface area contributed by atoms with E-state index in [0.29, 0.717) is 25.0 Å². The minimum absolute atomic E-state index is 0.195. The van der Waals surface area contributed by atoms with Gasteiger partial charge in [0.05, 0.1) is 6.61 Å². The highest BCUT2D eigenvalue weighted by Gasteiger charge is 2.12. The van der Waals surface area contributed by atoms with Crippen molar-refractivity contribution in [3.05, 3.63) is 29.8 Å². The summed E-state index contributed by atoms with van der Waals surface area (Å²) in [6.07, 6.45) is 0. The van der Waals surface area contributed by atoms with Crippen LogP contribution in [0.2, 0.25) is 0 Å². The van der Waals surface area contributed by atoms with Gasteiger partial charge in [-0.25, -0.2) is 4.79 Å². The molecule has 0 bridgehead atoms. The standard InChI is InChI=1S/C15H23NO4/c1-12(2)16(8-10-19-3)9-11-20-14-7-5-4-6-13(14)15(17)18/h4-7,12H,8-11H2,1-3H3,(H,17,18). The van der Waals surface area contributed by atoms with Gasteiger partial charge >= 0.3 is 5.97 Å². The minimum Gasteiger partial charge on any atom is -0.491 e. The predicted octanol–water partition coefficient (Wildman–Crippen LogP) is 2.12. The lowest BCUT2D eigenvalue weighted by atomic mass is 10.2. The van der Waals surface area contributed by atoms with Gasteiger partial charge in [-0.1, -0.05) is 12.1 Å². The molecular weight excluding hydrogens is 258 g/mol. The zero-order valence-electron chi connectivity index (χ0n) is 12.3. The molecule has 0 fully saturated rings. The quantitative estimate of drug-likeness (QED) is 0.751. The number of hydrogen-bond donors (Lipinski definition) is 1. The third-order valence-electron chi connectivity index (χ3n) is 3.07. The summed E-state index contributed by atoms with van der Waals surface area (Å²) in [5.41, 5.74) is 0.195. The number of nitrogens with zero attached hydrogens (tertiary/aromatic N) is 1. The largest absolute Gasteiger partial charge is 0.491 e. The average molecular weight is 281 g/mol. The van der Waals surface area contributed by atoms with Crippen LogP contribution in [0.25, 0.3) is 0 Å². The molecule has 0 saturated carbocycles. The highest BCUT2D eigenvalue weighted by molar-refractivity contribution is 5.90. The maximum absolute atomic E-state index is 11.1. The summed E-state index contributed by atoms with van der Waals surface area (Å²) in [5, 5.41) is 9.07. The molecule has 0 heterocycles. The van der Waals surface area contributed by atoms with E-state index in [0.717, 1.165) is 13.1 Å². The second kappa shape index (κ2) is 8.55. The third-order valence-corrected chi connectivity index (χ3v) is 3.07. The summed E-state index contributed by atoms with van der Waals surface area (Å²) >= 11 is 0. The van der Waals surface area contributed by atoms with Crippen molar-refractivity contribution in [3.63, 3.8) is 0 Å². The lowest BCUT2D eigenvalue weighted by Crippen LogP contribution is -2.37. The van der Waals surface area contributed by atoms with Crippen LogP contribution in [0.4, 0.5) is 0 Å². The molecule has 0 radical (unpaired) electrons. The average Bonchev–Trinajstić information content (AvgIpc) is 2.42. The van der Waals surface area contributed by atoms with Gasteiger partial charge in [0.1, 0.15) is 17.9 Å². The normalized spacial score (nSPS) is 11.1. The van der Waals surface area contributed by atoms with Crippen LogP contribution in [-0.2, 0) is 4.74 Å². The number of hydrogen-bond acceptors (Lipinski definition) is 4. The van der Waals surface area contributed by atoms with Crippen LogP contribution in [-0.4, -0.2) is 55.4 Å². The number of carboxylic acids is 1. The Balaban J connectivity index is 2.52. The second-order valence-corrected chi connectivity index (χ2v) is 4.77. The van der Waals surface area contributed by atoms with E-state index in [9.17, 15) is 4.79 Å². The summed E-state index contributed by atoms with van der Waals surface area (Å²) in [4.78, 5) is 13.3. The monoisotopic (exact) mass is 281 g/mol. The highest BCUT2D eigenvalue weighted by Crippen LogP contribution is 2.17. The lowest BCUT2D eigenvalue weighted by Gasteiger charge is -2.26. The first-order valence-corrected chi connectivity index (χ1v) is 6.74. The molecule has 0 aromatic heterocycles. The van der Waals surface area contributed by atoms with E-state index in [4.69, 9.17) is 14.6 Å². The number of carbonyl (C=O) groups is 1.